The highest BCUT2D eigenvalue weighted by Crippen LogP contribution is 2.10. The lowest BCUT2D eigenvalue weighted by Gasteiger charge is -2.26. The molecule has 2 aromatic rings. The lowest BCUT2D eigenvalue weighted by molar-refractivity contribution is 0.0342. The molecule has 0 amide bonds. The van der Waals surface area contributed by atoms with Crippen LogP contribution < -0.4 is 11.5 Å². The number of nitrogen functional groups attached to an aromatic ring is 2. The summed E-state index contributed by atoms with van der Waals surface area (Å²) in [5.41, 5.74) is 15.4. The van der Waals surface area contributed by atoms with Gasteiger partial charge in [-0.2, -0.15) is 0 Å². The van der Waals surface area contributed by atoms with E-state index in [0.717, 1.165) is 44.2 Å². The van der Waals surface area contributed by atoms with Crippen molar-refractivity contribution in [2.45, 2.75) is 27.3 Å². The number of benzene rings is 2. The Balaban J connectivity index is 0.000000245. The van der Waals surface area contributed by atoms with Crippen molar-refractivity contribution in [3.63, 3.8) is 0 Å². The molecular weight excluding hydrogens is 298 g/mol. The Morgan fingerprint density at radius 2 is 1.50 bits per heavy atom. The normalized spacial score (nSPS) is 14.0. The van der Waals surface area contributed by atoms with Gasteiger partial charge in [0.25, 0.3) is 0 Å². The third kappa shape index (κ3) is 7.99. The van der Waals surface area contributed by atoms with E-state index in [2.05, 4.69) is 11.0 Å². The molecule has 0 aromatic heterocycles. The Labute approximate surface area is 146 Å². The van der Waals surface area contributed by atoms with Crippen molar-refractivity contribution >= 4 is 11.4 Å². The predicted molar refractivity (Wildman–Crippen MR) is 104 cm³/mol. The largest absolute Gasteiger partial charge is 0.399 e. The second-order valence-corrected chi connectivity index (χ2v) is 5.55. The summed E-state index contributed by atoms with van der Waals surface area (Å²) in [6.45, 7) is 10.7. The quantitative estimate of drug-likeness (QED) is 0.825. The number of rotatable bonds is 2. The van der Waals surface area contributed by atoms with Gasteiger partial charge in [-0.1, -0.05) is 38.1 Å². The molecule has 4 heteroatoms. The first-order valence-electron chi connectivity index (χ1n) is 8.60. The van der Waals surface area contributed by atoms with Gasteiger partial charge in [0.2, 0.25) is 0 Å². The van der Waals surface area contributed by atoms with Gasteiger partial charge < -0.3 is 16.2 Å². The molecule has 2 aromatic carbocycles. The summed E-state index contributed by atoms with van der Waals surface area (Å²) in [6.07, 6.45) is 0. The molecule has 0 spiro atoms. The van der Waals surface area contributed by atoms with Gasteiger partial charge in [0.15, 0.2) is 0 Å². The van der Waals surface area contributed by atoms with Crippen LogP contribution >= 0.6 is 0 Å². The van der Waals surface area contributed by atoms with Crippen molar-refractivity contribution in [3.05, 3.63) is 59.7 Å². The van der Waals surface area contributed by atoms with Crippen molar-refractivity contribution < 1.29 is 4.74 Å². The molecule has 1 saturated heterocycles. The maximum atomic E-state index is 5.72. The second kappa shape index (κ2) is 11.5. The number of hydrogen-bond donors (Lipinski definition) is 2. The van der Waals surface area contributed by atoms with Crippen LogP contribution in [0.3, 0.4) is 0 Å². The Hall–Kier alpha value is -2.04. The molecule has 4 nitrogen and oxygen atoms in total. The minimum Gasteiger partial charge on any atom is -0.399 e. The van der Waals surface area contributed by atoms with E-state index in [4.69, 9.17) is 16.2 Å². The number of morpholine rings is 1. The molecule has 3 rings (SSSR count). The zero-order chi connectivity index (χ0) is 17.8. The Bertz CT molecular complexity index is 563. The zero-order valence-electron chi connectivity index (χ0n) is 15.2. The molecule has 0 aliphatic carbocycles. The molecular formula is C20H31N3O. The van der Waals surface area contributed by atoms with E-state index in [-0.39, 0.29) is 0 Å². The Kier molecular flexibility index (Phi) is 9.58. The van der Waals surface area contributed by atoms with Gasteiger partial charge in [-0.05, 0) is 42.3 Å². The summed E-state index contributed by atoms with van der Waals surface area (Å²) in [5.74, 6) is 0. The fraction of sp³-hybridized carbons (Fsp3) is 0.400. The van der Waals surface area contributed by atoms with Crippen LogP contribution in [0.5, 0.6) is 0 Å². The number of ether oxygens (including phenoxy) is 1. The van der Waals surface area contributed by atoms with Gasteiger partial charge in [-0.15, -0.1) is 0 Å². The molecule has 132 valence electrons. The summed E-state index contributed by atoms with van der Waals surface area (Å²) in [7, 11) is 0. The maximum absolute atomic E-state index is 5.72. The molecule has 1 heterocycles. The first kappa shape index (κ1) is 20.0. The van der Waals surface area contributed by atoms with Gasteiger partial charge in [-0.25, -0.2) is 0 Å². The van der Waals surface area contributed by atoms with Crippen LogP contribution in [0.1, 0.15) is 25.0 Å². The van der Waals surface area contributed by atoms with Crippen molar-refractivity contribution in [1.82, 2.24) is 4.90 Å². The van der Waals surface area contributed by atoms with Crippen molar-refractivity contribution in [2.75, 3.05) is 37.8 Å². The summed E-state index contributed by atoms with van der Waals surface area (Å²) in [5, 5.41) is 0. The minimum atomic E-state index is 0.838. The van der Waals surface area contributed by atoms with E-state index in [1.807, 2.05) is 63.2 Å². The fourth-order valence-corrected chi connectivity index (χ4v) is 2.38. The minimum absolute atomic E-state index is 0.838. The van der Waals surface area contributed by atoms with E-state index < -0.39 is 0 Å². The topological polar surface area (TPSA) is 64.5 Å². The van der Waals surface area contributed by atoms with E-state index in [1.54, 1.807) is 0 Å². The number of anilines is 2. The highest BCUT2D eigenvalue weighted by Gasteiger charge is 2.10. The van der Waals surface area contributed by atoms with Gasteiger partial charge in [0, 0.05) is 31.0 Å². The van der Waals surface area contributed by atoms with Crippen LogP contribution in [0.15, 0.2) is 48.5 Å². The van der Waals surface area contributed by atoms with Gasteiger partial charge >= 0.3 is 0 Å². The predicted octanol–water partition coefficient (Wildman–Crippen LogP) is 3.70. The third-order valence-corrected chi connectivity index (χ3v) is 3.50. The number of nitrogens with zero attached hydrogens (tertiary/aromatic N) is 1. The lowest BCUT2D eigenvalue weighted by atomic mass is 10.2. The molecule has 0 atom stereocenters. The average Bonchev–Trinajstić information content (AvgIpc) is 2.58. The Morgan fingerprint density at radius 3 is 2.00 bits per heavy atom. The van der Waals surface area contributed by atoms with Crippen molar-refractivity contribution in [2.24, 2.45) is 0 Å². The van der Waals surface area contributed by atoms with Crippen molar-refractivity contribution in [3.8, 4) is 0 Å². The van der Waals surface area contributed by atoms with Gasteiger partial charge in [0.1, 0.15) is 0 Å². The number of hydrogen-bond acceptors (Lipinski definition) is 4. The first-order chi connectivity index (χ1) is 11.6. The first-order valence-corrected chi connectivity index (χ1v) is 8.60. The molecule has 0 saturated carbocycles. The maximum Gasteiger partial charge on any atom is 0.0594 e. The van der Waals surface area contributed by atoms with Gasteiger partial charge in [0.05, 0.1) is 13.2 Å². The van der Waals surface area contributed by atoms with Crippen LogP contribution in [0.4, 0.5) is 11.4 Å². The molecule has 0 unspecified atom stereocenters. The number of aryl methyl sites for hydroxylation is 1. The molecule has 1 aliphatic heterocycles. The van der Waals surface area contributed by atoms with Gasteiger partial charge in [-0.3, -0.25) is 4.90 Å². The van der Waals surface area contributed by atoms with E-state index in [1.165, 1.54) is 11.1 Å². The molecule has 1 aliphatic rings. The van der Waals surface area contributed by atoms with Crippen LogP contribution in [0.25, 0.3) is 0 Å². The molecule has 24 heavy (non-hydrogen) atoms. The summed E-state index contributed by atoms with van der Waals surface area (Å²) >= 11 is 0. The van der Waals surface area contributed by atoms with E-state index >= 15 is 0 Å². The summed E-state index contributed by atoms with van der Waals surface area (Å²) in [6, 6.07) is 15.9. The second-order valence-electron chi connectivity index (χ2n) is 5.55. The molecule has 4 N–H and O–H groups in total. The summed E-state index contributed by atoms with van der Waals surface area (Å²) < 4.78 is 5.29. The smallest absolute Gasteiger partial charge is 0.0594 e. The SMILES string of the molecule is CC.Cc1cccc(N)c1.Nc1cccc(CN2CCOCC2)c1. The molecule has 1 fully saturated rings. The summed E-state index contributed by atoms with van der Waals surface area (Å²) in [4.78, 5) is 2.39. The average molecular weight is 329 g/mol. The van der Waals surface area contributed by atoms with Crippen molar-refractivity contribution in [1.29, 1.82) is 0 Å². The van der Waals surface area contributed by atoms with Crippen LogP contribution in [0, 0.1) is 6.92 Å². The van der Waals surface area contributed by atoms with Crippen LogP contribution in [-0.2, 0) is 11.3 Å². The Morgan fingerprint density at radius 1 is 0.917 bits per heavy atom. The third-order valence-electron chi connectivity index (χ3n) is 3.50. The van der Waals surface area contributed by atoms with Crippen LogP contribution in [0.2, 0.25) is 0 Å². The monoisotopic (exact) mass is 329 g/mol. The van der Waals surface area contributed by atoms with E-state index in [0.29, 0.717) is 0 Å². The highest BCUT2D eigenvalue weighted by molar-refractivity contribution is 5.40. The molecule has 0 radical (unpaired) electrons. The molecule has 0 bridgehead atoms. The fourth-order valence-electron chi connectivity index (χ4n) is 2.38. The van der Waals surface area contributed by atoms with E-state index in [9.17, 15) is 0 Å². The van der Waals surface area contributed by atoms with Crippen LogP contribution in [-0.4, -0.2) is 31.2 Å². The highest BCUT2D eigenvalue weighted by atomic mass is 16.5. The lowest BCUT2D eigenvalue weighted by Crippen LogP contribution is -2.35. The standard InChI is InChI=1S/C11H16N2O.C7H9N.C2H6/c12-11-3-1-2-10(8-11)9-13-4-6-14-7-5-13;1-6-3-2-4-7(8)5-6;1-2/h1-3,8H,4-7,9,12H2;2-5H,8H2,1H3;1-2H3. The zero-order valence-corrected chi connectivity index (χ0v) is 15.2. The number of nitrogens with two attached hydrogens (primary N) is 2.